The van der Waals surface area contributed by atoms with Gasteiger partial charge in [0.2, 0.25) is 5.91 Å². The van der Waals surface area contributed by atoms with Gasteiger partial charge in [-0.15, -0.1) is 0 Å². The highest BCUT2D eigenvalue weighted by atomic mass is 16.5. The average molecular weight is 297 g/mol. The summed E-state index contributed by atoms with van der Waals surface area (Å²) in [5.74, 6) is 0.870. The molecule has 0 aliphatic carbocycles. The number of amides is 1. The zero-order valence-corrected chi connectivity index (χ0v) is 13.6. The lowest BCUT2D eigenvalue weighted by atomic mass is 10.0. The lowest BCUT2D eigenvalue weighted by molar-refractivity contribution is -0.121. The van der Waals surface area contributed by atoms with E-state index in [9.17, 15) is 4.79 Å². The normalized spacial score (nSPS) is 11.8. The molecule has 0 saturated heterocycles. The summed E-state index contributed by atoms with van der Waals surface area (Å²) in [6.45, 7) is 6.04. The quantitative estimate of drug-likeness (QED) is 0.913. The number of nitrogens with one attached hydrogen (secondary N) is 1. The Morgan fingerprint density at radius 1 is 1.14 bits per heavy atom. The molecule has 116 valence electrons. The molecule has 0 bridgehead atoms. The van der Waals surface area contributed by atoms with Crippen LogP contribution in [0.5, 0.6) is 5.75 Å². The molecule has 2 rings (SSSR count). The van der Waals surface area contributed by atoms with E-state index >= 15 is 0 Å². The Morgan fingerprint density at radius 2 is 1.82 bits per heavy atom. The molecule has 0 saturated carbocycles. The summed E-state index contributed by atoms with van der Waals surface area (Å²) in [4.78, 5) is 12.2. The van der Waals surface area contributed by atoms with Crippen LogP contribution in [0.2, 0.25) is 0 Å². The van der Waals surface area contributed by atoms with Gasteiger partial charge in [-0.05, 0) is 43.5 Å². The minimum Gasteiger partial charge on any atom is -0.496 e. The minimum absolute atomic E-state index is 0.00689. The molecule has 0 radical (unpaired) electrons. The van der Waals surface area contributed by atoms with Gasteiger partial charge in [-0.25, -0.2) is 0 Å². The van der Waals surface area contributed by atoms with Crippen LogP contribution < -0.4 is 10.1 Å². The number of hydrogen-bond donors (Lipinski definition) is 1. The Hall–Kier alpha value is -2.29. The maximum Gasteiger partial charge on any atom is 0.224 e. The second-order valence-electron chi connectivity index (χ2n) is 5.68. The molecule has 0 aromatic heterocycles. The van der Waals surface area contributed by atoms with Crippen molar-refractivity contribution in [3.8, 4) is 5.75 Å². The zero-order valence-electron chi connectivity index (χ0n) is 13.6. The summed E-state index contributed by atoms with van der Waals surface area (Å²) in [5, 5.41) is 3.04. The third kappa shape index (κ3) is 4.10. The monoisotopic (exact) mass is 297 g/mol. The summed E-state index contributed by atoms with van der Waals surface area (Å²) >= 11 is 0. The van der Waals surface area contributed by atoms with E-state index < -0.39 is 0 Å². The van der Waals surface area contributed by atoms with Crippen LogP contribution in [-0.2, 0) is 11.2 Å². The van der Waals surface area contributed by atoms with Gasteiger partial charge < -0.3 is 10.1 Å². The number of hydrogen-bond acceptors (Lipinski definition) is 2. The first-order chi connectivity index (χ1) is 10.5. The maximum atomic E-state index is 12.2. The first kappa shape index (κ1) is 16.1. The van der Waals surface area contributed by atoms with Crippen molar-refractivity contribution in [3.63, 3.8) is 0 Å². The highest BCUT2D eigenvalue weighted by Crippen LogP contribution is 2.19. The van der Waals surface area contributed by atoms with E-state index in [1.807, 2.05) is 32.0 Å². The van der Waals surface area contributed by atoms with Gasteiger partial charge in [0.1, 0.15) is 5.75 Å². The van der Waals surface area contributed by atoms with Crippen LogP contribution in [0.25, 0.3) is 0 Å². The molecule has 3 heteroatoms. The van der Waals surface area contributed by atoms with E-state index in [1.165, 1.54) is 5.56 Å². The standard InChI is InChI=1S/C19H23NO2/c1-13-5-8-17(9-6-13)15(3)20-19(21)12-16-7-10-18(22-4)14(2)11-16/h5-11,15H,12H2,1-4H3,(H,20,21)/t15-/m1/s1. The summed E-state index contributed by atoms with van der Waals surface area (Å²) in [5.41, 5.74) is 4.37. The highest BCUT2D eigenvalue weighted by Gasteiger charge is 2.10. The van der Waals surface area contributed by atoms with Gasteiger partial charge in [0.25, 0.3) is 0 Å². The Labute approximate surface area is 132 Å². The first-order valence-corrected chi connectivity index (χ1v) is 7.49. The smallest absolute Gasteiger partial charge is 0.224 e. The first-order valence-electron chi connectivity index (χ1n) is 7.49. The molecular weight excluding hydrogens is 274 g/mol. The lowest BCUT2D eigenvalue weighted by Gasteiger charge is -2.15. The lowest BCUT2D eigenvalue weighted by Crippen LogP contribution is -2.28. The predicted octanol–water partition coefficient (Wildman–Crippen LogP) is 3.73. The van der Waals surface area contributed by atoms with Crippen molar-refractivity contribution in [2.45, 2.75) is 33.2 Å². The second-order valence-corrected chi connectivity index (χ2v) is 5.68. The third-order valence-electron chi connectivity index (χ3n) is 3.78. The molecular formula is C19H23NO2. The van der Waals surface area contributed by atoms with Gasteiger partial charge in [-0.3, -0.25) is 4.79 Å². The maximum absolute atomic E-state index is 12.2. The molecule has 2 aromatic rings. The van der Waals surface area contributed by atoms with E-state index in [0.29, 0.717) is 6.42 Å². The van der Waals surface area contributed by atoms with Crippen LogP contribution >= 0.6 is 0 Å². The second kappa shape index (κ2) is 7.12. The topological polar surface area (TPSA) is 38.3 Å². The Bertz CT molecular complexity index is 647. The predicted molar refractivity (Wildman–Crippen MR) is 89.2 cm³/mol. The molecule has 0 aliphatic rings. The molecule has 0 fully saturated rings. The number of aryl methyl sites for hydroxylation is 2. The number of ether oxygens (including phenoxy) is 1. The van der Waals surface area contributed by atoms with Crippen LogP contribution in [0.15, 0.2) is 42.5 Å². The van der Waals surface area contributed by atoms with Crippen LogP contribution in [0.1, 0.15) is 35.2 Å². The van der Waals surface area contributed by atoms with Crippen molar-refractivity contribution in [1.82, 2.24) is 5.32 Å². The fourth-order valence-electron chi connectivity index (χ4n) is 2.47. The van der Waals surface area contributed by atoms with E-state index in [2.05, 4.69) is 36.5 Å². The van der Waals surface area contributed by atoms with Crippen molar-refractivity contribution in [1.29, 1.82) is 0 Å². The van der Waals surface area contributed by atoms with Crippen molar-refractivity contribution in [2.75, 3.05) is 7.11 Å². The summed E-state index contributed by atoms with van der Waals surface area (Å²) in [6, 6.07) is 14.1. The van der Waals surface area contributed by atoms with E-state index in [0.717, 1.165) is 22.4 Å². The fraction of sp³-hybridized carbons (Fsp3) is 0.316. The van der Waals surface area contributed by atoms with Crippen molar-refractivity contribution >= 4 is 5.91 Å². The summed E-state index contributed by atoms with van der Waals surface area (Å²) < 4.78 is 5.24. The molecule has 1 amide bonds. The van der Waals surface area contributed by atoms with Crippen molar-refractivity contribution < 1.29 is 9.53 Å². The third-order valence-corrected chi connectivity index (χ3v) is 3.78. The van der Waals surface area contributed by atoms with Crippen LogP contribution in [-0.4, -0.2) is 13.0 Å². The van der Waals surface area contributed by atoms with Gasteiger partial charge in [0, 0.05) is 0 Å². The number of rotatable bonds is 5. The van der Waals surface area contributed by atoms with Crippen LogP contribution in [0.3, 0.4) is 0 Å². The van der Waals surface area contributed by atoms with Gasteiger partial charge in [-0.1, -0.05) is 42.0 Å². The van der Waals surface area contributed by atoms with Crippen LogP contribution in [0.4, 0.5) is 0 Å². The van der Waals surface area contributed by atoms with Gasteiger partial charge in [0.05, 0.1) is 19.6 Å². The molecule has 0 aliphatic heterocycles. The average Bonchev–Trinajstić information content (AvgIpc) is 2.48. The van der Waals surface area contributed by atoms with E-state index in [-0.39, 0.29) is 11.9 Å². The zero-order chi connectivity index (χ0) is 16.1. The minimum atomic E-state index is 0.00689. The Kier molecular flexibility index (Phi) is 5.21. The molecule has 22 heavy (non-hydrogen) atoms. The molecule has 2 aromatic carbocycles. The van der Waals surface area contributed by atoms with Gasteiger partial charge >= 0.3 is 0 Å². The number of carbonyl (C=O) groups is 1. The molecule has 0 unspecified atom stereocenters. The molecule has 0 spiro atoms. The number of methoxy groups -OCH3 is 1. The van der Waals surface area contributed by atoms with Crippen molar-refractivity contribution in [2.24, 2.45) is 0 Å². The molecule has 1 N–H and O–H groups in total. The SMILES string of the molecule is COc1ccc(CC(=O)N[C@H](C)c2ccc(C)cc2)cc1C. The molecule has 1 atom stereocenters. The highest BCUT2D eigenvalue weighted by molar-refractivity contribution is 5.79. The van der Waals surface area contributed by atoms with Gasteiger partial charge in [-0.2, -0.15) is 0 Å². The van der Waals surface area contributed by atoms with E-state index in [1.54, 1.807) is 7.11 Å². The number of benzene rings is 2. The van der Waals surface area contributed by atoms with E-state index in [4.69, 9.17) is 4.74 Å². The van der Waals surface area contributed by atoms with Gasteiger partial charge in [0.15, 0.2) is 0 Å². The molecule has 0 heterocycles. The number of carbonyl (C=O) groups excluding carboxylic acids is 1. The summed E-state index contributed by atoms with van der Waals surface area (Å²) in [7, 11) is 1.65. The van der Waals surface area contributed by atoms with Crippen LogP contribution in [0, 0.1) is 13.8 Å². The largest absolute Gasteiger partial charge is 0.496 e. The molecule has 3 nitrogen and oxygen atoms in total. The van der Waals surface area contributed by atoms with Crippen molar-refractivity contribution in [3.05, 3.63) is 64.7 Å². The Balaban J connectivity index is 1.97. The Morgan fingerprint density at radius 3 is 2.41 bits per heavy atom. The fourth-order valence-corrected chi connectivity index (χ4v) is 2.47. The summed E-state index contributed by atoms with van der Waals surface area (Å²) in [6.07, 6.45) is 0.376.